The molecule has 96 valence electrons. The second-order valence-electron chi connectivity index (χ2n) is 4.00. The van der Waals surface area contributed by atoms with E-state index in [4.69, 9.17) is 4.74 Å². The van der Waals surface area contributed by atoms with Gasteiger partial charge in [0.05, 0.1) is 6.61 Å². The summed E-state index contributed by atoms with van der Waals surface area (Å²) in [5, 5.41) is 3.09. The standard InChI is InChI=1S/C14H24N2O/c1-4-16(5-2)11-6-12-17-14-9-7-13(15-3)8-10-14/h7-10,15H,4-6,11-12H2,1-3H3. The smallest absolute Gasteiger partial charge is 0.119 e. The molecule has 0 radical (unpaired) electrons. The average Bonchev–Trinajstić information content (AvgIpc) is 2.40. The predicted molar refractivity (Wildman–Crippen MR) is 73.9 cm³/mol. The summed E-state index contributed by atoms with van der Waals surface area (Å²) in [5.74, 6) is 0.948. The minimum Gasteiger partial charge on any atom is -0.494 e. The highest BCUT2D eigenvalue weighted by molar-refractivity contribution is 5.45. The van der Waals surface area contributed by atoms with Gasteiger partial charge in [-0.15, -0.1) is 0 Å². The Morgan fingerprint density at radius 2 is 1.76 bits per heavy atom. The molecule has 0 aliphatic rings. The van der Waals surface area contributed by atoms with E-state index >= 15 is 0 Å². The minimum absolute atomic E-state index is 0.787. The molecule has 3 heteroatoms. The van der Waals surface area contributed by atoms with Crippen molar-refractivity contribution in [3.05, 3.63) is 24.3 Å². The molecule has 1 aromatic carbocycles. The van der Waals surface area contributed by atoms with Crippen LogP contribution in [0.3, 0.4) is 0 Å². The molecule has 0 aliphatic heterocycles. The summed E-state index contributed by atoms with van der Waals surface area (Å²) in [6.07, 6.45) is 1.08. The van der Waals surface area contributed by atoms with Gasteiger partial charge in [-0.2, -0.15) is 0 Å². The molecule has 1 N–H and O–H groups in total. The Bertz CT molecular complexity index is 294. The van der Waals surface area contributed by atoms with E-state index in [9.17, 15) is 0 Å². The molecule has 1 rings (SSSR count). The second kappa shape index (κ2) is 7.96. The Hall–Kier alpha value is -1.22. The zero-order valence-electron chi connectivity index (χ0n) is 11.2. The van der Waals surface area contributed by atoms with E-state index in [-0.39, 0.29) is 0 Å². The van der Waals surface area contributed by atoms with Gasteiger partial charge in [-0.05, 0) is 43.8 Å². The Labute approximate surface area is 105 Å². The van der Waals surface area contributed by atoms with E-state index in [1.165, 1.54) is 0 Å². The molecule has 17 heavy (non-hydrogen) atoms. The molecule has 0 bridgehead atoms. The molecule has 0 saturated heterocycles. The summed E-state index contributed by atoms with van der Waals surface area (Å²) < 4.78 is 5.69. The SMILES string of the molecule is CCN(CC)CCCOc1ccc(NC)cc1. The lowest BCUT2D eigenvalue weighted by Gasteiger charge is -2.17. The first kappa shape index (κ1) is 13.8. The third-order valence-corrected chi connectivity index (χ3v) is 2.92. The summed E-state index contributed by atoms with van der Waals surface area (Å²) in [7, 11) is 1.92. The highest BCUT2D eigenvalue weighted by Crippen LogP contribution is 2.15. The number of anilines is 1. The zero-order valence-corrected chi connectivity index (χ0v) is 11.2. The Kier molecular flexibility index (Phi) is 6.48. The molecule has 0 saturated carbocycles. The van der Waals surface area contributed by atoms with Crippen LogP contribution in [0.2, 0.25) is 0 Å². The molecule has 0 fully saturated rings. The quantitative estimate of drug-likeness (QED) is 0.702. The first-order chi connectivity index (χ1) is 8.30. The van der Waals surface area contributed by atoms with Crippen LogP contribution in [-0.4, -0.2) is 38.2 Å². The van der Waals surface area contributed by atoms with Crippen molar-refractivity contribution < 1.29 is 4.74 Å². The number of hydrogen-bond acceptors (Lipinski definition) is 3. The van der Waals surface area contributed by atoms with Crippen molar-refractivity contribution in [3.8, 4) is 5.75 Å². The summed E-state index contributed by atoms with van der Waals surface area (Å²) in [5.41, 5.74) is 1.11. The predicted octanol–water partition coefficient (Wildman–Crippen LogP) is 2.84. The number of nitrogens with one attached hydrogen (secondary N) is 1. The first-order valence-corrected chi connectivity index (χ1v) is 6.43. The number of ether oxygens (including phenoxy) is 1. The van der Waals surface area contributed by atoms with Crippen molar-refractivity contribution in [2.75, 3.05) is 38.6 Å². The second-order valence-corrected chi connectivity index (χ2v) is 4.00. The van der Waals surface area contributed by atoms with E-state index in [2.05, 4.69) is 24.1 Å². The van der Waals surface area contributed by atoms with Crippen LogP contribution in [0.5, 0.6) is 5.75 Å². The van der Waals surface area contributed by atoms with Crippen LogP contribution < -0.4 is 10.1 Å². The van der Waals surface area contributed by atoms with Crippen LogP contribution in [0.4, 0.5) is 5.69 Å². The monoisotopic (exact) mass is 236 g/mol. The number of nitrogens with zero attached hydrogens (tertiary/aromatic N) is 1. The lowest BCUT2D eigenvalue weighted by molar-refractivity contribution is 0.249. The fraction of sp³-hybridized carbons (Fsp3) is 0.571. The lowest BCUT2D eigenvalue weighted by atomic mass is 10.3. The van der Waals surface area contributed by atoms with E-state index in [0.29, 0.717) is 0 Å². The van der Waals surface area contributed by atoms with Crippen molar-refractivity contribution in [1.82, 2.24) is 4.90 Å². The van der Waals surface area contributed by atoms with Crippen molar-refractivity contribution >= 4 is 5.69 Å². The van der Waals surface area contributed by atoms with Crippen molar-refractivity contribution in [2.24, 2.45) is 0 Å². The molecule has 0 spiro atoms. The van der Waals surface area contributed by atoms with Gasteiger partial charge in [0, 0.05) is 19.3 Å². The topological polar surface area (TPSA) is 24.5 Å². The highest BCUT2D eigenvalue weighted by Gasteiger charge is 1.99. The van der Waals surface area contributed by atoms with Crippen molar-refractivity contribution in [1.29, 1.82) is 0 Å². The van der Waals surface area contributed by atoms with Crippen LogP contribution in [0, 0.1) is 0 Å². The Morgan fingerprint density at radius 3 is 2.29 bits per heavy atom. The summed E-state index contributed by atoms with van der Waals surface area (Å²) >= 11 is 0. The Morgan fingerprint density at radius 1 is 1.12 bits per heavy atom. The molecule has 0 aliphatic carbocycles. The first-order valence-electron chi connectivity index (χ1n) is 6.43. The fourth-order valence-electron chi connectivity index (χ4n) is 1.74. The van der Waals surface area contributed by atoms with Gasteiger partial charge in [0.15, 0.2) is 0 Å². The maximum absolute atomic E-state index is 5.69. The van der Waals surface area contributed by atoms with Gasteiger partial charge >= 0.3 is 0 Å². The van der Waals surface area contributed by atoms with Gasteiger partial charge in [-0.3, -0.25) is 0 Å². The molecule has 0 atom stereocenters. The van der Waals surface area contributed by atoms with Crippen LogP contribution in [-0.2, 0) is 0 Å². The van der Waals surface area contributed by atoms with Crippen LogP contribution >= 0.6 is 0 Å². The van der Waals surface area contributed by atoms with Crippen LogP contribution in [0.15, 0.2) is 24.3 Å². The number of rotatable bonds is 8. The molecule has 1 aromatic rings. The normalized spacial score (nSPS) is 10.6. The maximum Gasteiger partial charge on any atom is 0.119 e. The third-order valence-electron chi connectivity index (χ3n) is 2.92. The third kappa shape index (κ3) is 5.09. The highest BCUT2D eigenvalue weighted by atomic mass is 16.5. The van der Waals surface area contributed by atoms with Gasteiger partial charge < -0.3 is 15.0 Å². The Balaban J connectivity index is 2.21. The number of hydrogen-bond donors (Lipinski definition) is 1. The van der Waals surface area contributed by atoms with Gasteiger partial charge in [0.2, 0.25) is 0 Å². The van der Waals surface area contributed by atoms with Gasteiger partial charge in [-0.1, -0.05) is 13.8 Å². The largest absolute Gasteiger partial charge is 0.494 e. The van der Waals surface area contributed by atoms with Gasteiger partial charge in [0.25, 0.3) is 0 Å². The molecule has 0 heterocycles. The van der Waals surface area contributed by atoms with E-state index in [0.717, 1.165) is 44.1 Å². The van der Waals surface area contributed by atoms with Crippen LogP contribution in [0.1, 0.15) is 20.3 Å². The molecule has 0 amide bonds. The van der Waals surface area contributed by atoms with E-state index in [1.54, 1.807) is 0 Å². The van der Waals surface area contributed by atoms with Gasteiger partial charge in [0.1, 0.15) is 5.75 Å². The van der Waals surface area contributed by atoms with E-state index < -0.39 is 0 Å². The molecule has 0 aromatic heterocycles. The van der Waals surface area contributed by atoms with E-state index in [1.807, 2.05) is 31.3 Å². The molecular weight excluding hydrogens is 212 g/mol. The molecule has 3 nitrogen and oxygen atoms in total. The van der Waals surface area contributed by atoms with Crippen molar-refractivity contribution in [3.63, 3.8) is 0 Å². The number of benzene rings is 1. The lowest BCUT2D eigenvalue weighted by Crippen LogP contribution is -2.25. The summed E-state index contributed by atoms with van der Waals surface area (Å²) in [4.78, 5) is 2.41. The molecule has 0 unspecified atom stereocenters. The van der Waals surface area contributed by atoms with Crippen molar-refractivity contribution in [2.45, 2.75) is 20.3 Å². The van der Waals surface area contributed by atoms with Crippen LogP contribution in [0.25, 0.3) is 0 Å². The van der Waals surface area contributed by atoms with Gasteiger partial charge in [-0.25, -0.2) is 0 Å². The maximum atomic E-state index is 5.69. The molecular formula is C14H24N2O. The fourth-order valence-corrected chi connectivity index (χ4v) is 1.74. The summed E-state index contributed by atoms with van der Waals surface area (Å²) in [6.45, 7) is 8.53. The zero-order chi connectivity index (χ0) is 12.5. The minimum atomic E-state index is 0.787. The average molecular weight is 236 g/mol. The summed E-state index contributed by atoms with van der Waals surface area (Å²) in [6, 6.07) is 8.06.